The number of aromatic amines is 1. The molecular weight excluding hydrogens is 184 g/mol. The van der Waals surface area contributed by atoms with Crippen LogP contribution in [0.4, 0.5) is 0 Å². The van der Waals surface area contributed by atoms with Crippen molar-refractivity contribution in [1.82, 2.24) is 4.98 Å². The number of hydrogen-bond donors (Lipinski definition) is 2. The predicted octanol–water partition coefficient (Wildman–Crippen LogP) is 2.75. The van der Waals surface area contributed by atoms with Crippen molar-refractivity contribution in [1.29, 1.82) is 0 Å². The van der Waals surface area contributed by atoms with E-state index < -0.39 is 0 Å². The summed E-state index contributed by atoms with van der Waals surface area (Å²) < 4.78 is 0. The molecule has 0 bridgehead atoms. The third-order valence-electron chi connectivity index (χ3n) is 3.87. The van der Waals surface area contributed by atoms with Crippen LogP contribution in [0.1, 0.15) is 25.8 Å². The van der Waals surface area contributed by atoms with Gasteiger partial charge in [-0.2, -0.15) is 0 Å². The number of benzene rings is 1. The van der Waals surface area contributed by atoms with Gasteiger partial charge in [0.25, 0.3) is 0 Å². The fourth-order valence-electron chi connectivity index (χ4n) is 2.57. The van der Waals surface area contributed by atoms with Crippen molar-refractivity contribution in [3.8, 4) is 0 Å². The molecule has 1 atom stereocenters. The third-order valence-corrected chi connectivity index (χ3v) is 3.87. The van der Waals surface area contributed by atoms with Gasteiger partial charge in [-0.1, -0.05) is 32.0 Å². The van der Waals surface area contributed by atoms with Crippen LogP contribution in [0.2, 0.25) is 0 Å². The van der Waals surface area contributed by atoms with Crippen LogP contribution >= 0.6 is 0 Å². The number of nitrogens with two attached hydrogens (primary N) is 1. The van der Waals surface area contributed by atoms with E-state index in [1.54, 1.807) is 0 Å². The molecule has 0 amide bonds. The zero-order valence-corrected chi connectivity index (χ0v) is 9.17. The number of para-hydroxylation sites is 1. The monoisotopic (exact) mass is 200 g/mol. The molecule has 1 aromatic carbocycles. The number of rotatable bonds is 1. The zero-order chi connectivity index (χ0) is 10.7. The van der Waals surface area contributed by atoms with Gasteiger partial charge < -0.3 is 10.7 Å². The van der Waals surface area contributed by atoms with Crippen LogP contribution in [0.15, 0.2) is 30.5 Å². The molecule has 0 saturated heterocycles. The van der Waals surface area contributed by atoms with E-state index in [-0.39, 0.29) is 11.0 Å². The summed E-state index contributed by atoms with van der Waals surface area (Å²) in [6.07, 6.45) is 3.05. The van der Waals surface area contributed by atoms with Gasteiger partial charge >= 0.3 is 0 Å². The van der Waals surface area contributed by atoms with Gasteiger partial charge in [0.2, 0.25) is 0 Å². The average molecular weight is 200 g/mol. The van der Waals surface area contributed by atoms with Crippen LogP contribution in [0.25, 0.3) is 10.9 Å². The van der Waals surface area contributed by atoms with Gasteiger partial charge in [-0.3, -0.25) is 0 Å². The molecule has 1 unspecified atom stereocenters. The Hall–Kier alpha value is -1.28. The number of nitrogens with one attached hydrogen (secondary N) is 1. The average Bonchev–Trinajstić information content (AvgIpc) is 2.61. The van der Waals surface area contributed by atoms with E-state index in [9.17, 15) is 0 Å². The molecular formula is C13H16N2. The van der Waals surface area contributed by atoms with Crippen LogP contribution in [0.3, 0.4) is 0 Å². The SMILES string of the molecule is CC1(C)CC1(N)c1cccc2cc[nH]c12. The van der Waals surface area contributed by atoms with Gasteiger partial charge in [-0.15, -0.1) is 0 Å². The normalized spacial score (nSPS) is 28.2. The van der Waals surface area contributed by atoms with E-state index >= 15 is 0 Å². The van der Waals surface area contributed by atoms with Gasteiger partial charge in [0.15, 0.2) is 0 Å². The zero-order valence-electron chi connectivity index (χ0n) is 9.17. The van der Waals surface area contributed by atoms with E-state index in [2.05, 4.69) is 43.1 Å². The number of H-pyrrole nitrogens is 1. The van der Waals surface area contributed by atoms with Crippen LogP contribution in [0, 0.1) is 5.41 Å². The molecule has 0 radical (unpaired) electrons. The summed E-state index contributed by atoms with van der Waals surface area (Å²) in [5.41, 5.74) is 9.00. The molecule has 78 valence electrons. The maximum atomic E-state index is 6.45. The summed E-state index contributed by atoms with van der Waals surface area (Å²) in [6, 6.07) is 8.45. The minimum absolute atomic E-state index is 0.142. The summed E-state index contributed by atoms with van der Waals surface area (Å²) in [6.45, 7) is 4.46. The van der Waals surface area contributed by atoms with Crippen LogP contribution < -0.4 is 5.73 Å². The van der Waals surface area contributed by atoms with Crippen molar-refractivity contribution in [3.05, 3.63) is 36.0 Å². The second-order valence-corrected chi connectivity index (χ2v) is 5.28. The van der Waals surface area contributed by atoms with Gasteiger partial charge in [0, 0.05) is 11.7 Å². The minimum Gasteiger partial charge on any atom is -0.361 e. The van der Waals surface area contributed by atoms with E-state index in [1.165, 1.54) is 16.5 Å². The summed E-state index contributed by atoms with van der Waals surface area (Å²) >= 11 is 0. The molecule has 3 N–H and O–H groups in total. The van der Waals surface area contributed by atoms with Crippen molar-refractivity contribution in [2.24, 2.45) is 11.1 Å². The first kappa shape index (κ1) is 8.98. The van der Waals surface area contributed by atoms with E-state index in [1.807, 2.05) is 6.20 Å². The second kappa shape index (κ2) is 2.45. The fourth-order valence-corrected chi connectivity index (χ4v) is 2.57. The predicted molar refractivity (Wildman–Crippen MR) is 62.6 cm³/mol. The standard InChI is InChI=1S/C13H16N2/c1-12(2)8-13(12,14)10-5-3-4-9-6-7-15-11(9)10/h3-7,15H,8,14H2,1-2H3. The largest absolute Gasteiger partial charge is 0.361 e. The smallest absolute Gasteiger partial charge is 0.0505 e. The van der Waals surface area contributed by atoms with Crippen molar-refractivity contribution in [3.63, 3.8) is 0 Å². The number of hydrogen-bond acceptors (Lipinski definition) is 1. The summed E-state index contributed by atoms with van der Waals surface area (Å²) in [5.74, 6) is 0. The highest BCUT2D eigenvalue weighted by Gasteiger charge is 2.60. The molecule has 1 aliphatic carbocycles. The van der Waals surface area contributed by atoms with Crippen molar-refractivity contribution in [2.45, 2.75) is 25.8 Å². The Morgan fingerprint density at radius 2 is 2.00 bits per heavy atom. The van der Waals surface area contributed by atoms with Crippen molar-refractivity contribution < 1.29 is 0 Å². The summed E-state index contributed by atoms with van der Waals surface area (Å²) in [7, 11) is 0. The molecule has 1 heterocycles. The fraction of sp³-hybridized carbons (Fsp3) is 0.385. The molecule has 1 aliphatic rings. The number of aromatic nitrogens is 1. The molecule has 0 aliphatic heterocycles. The lowest BCUT2D eigenvalue weighted by atomic mass is 9.95. The molecule has 1 fully saturated rings. The van der Waals surface area contributed by atoms with Gasteiger partial charge in [0.05, 0.1) is 5.52 Å². The maximum absolute atomic E-state index is 6.45. The molecule has 2 aromatic rings. The quantitative estimate of drug-likeness (QED) is 0.730. The van der Waals surface area contributed by atoms with E-state index in [0.717, 1.165) is 6.42 Å². The van der Waals surface area contributed by atoms with E-state index in [0.29, 0.717) is 0 Å². The van der Waals surface area contributed by atoms with Crippen molar-refractivity contribution in [2.75, 3.05) is 0 Å². The summed E-state index contributed by atoms with van der Waals surface area (Å²) in [5, 5.41) is 1.25. The Morgan fingerprint density at radius 3 is 2.67 bits per heavy atom. The first-order valence-corrected chi connectivity index (χ1v) is 5.40. The Morgan fingerprint density at radius 1 is 1.27 bits per heavy atom. The Labute approximate surface area is 89.5 Å². The third kappa shape index (κ3) is 1.03. The van der Waals surface area contributed by atoms with Crippen LogP contribution in [-0.2, 0) is 5.54 Å². The first-order valence-electron chi connectivity index (χ1n) is 5.40. The molecule has 3 rings (SSSR count). The van der Waals surface area contributed by atoms with Crippen molar-refractivity contribution >= 4 is 10.9 Å². The maximum Gasteiger partial charge on any atom is 0.0505 e. The Kier molecular flexibility index (Phi) is 1.47. The number of fused-ring (bicyclic) bond motifs is 1. The second-order valence-electron chi connectivity index (χ2n) is 5.28. The van der Waals surface area contributed by atoms with Gasteiger partial charge in [-0.25, -0.2) is 0 Å². The lowest BCUT2D eigenvalue weighted by Gasteiger charge is -2.16. The Bertz CT molecular complexity index is 524. The van der Waals surface area contributed by atoms with Gasteiger partial charge in [-0.05, 0) is 28.9 Å². The van der Waals surface area contributed by atoms with Gasteiger partial charge in [0.1, 0.15) is 0 Å². The lowest BCUT2D eigenvalue weighted by Crippen LogP contribution is -2.25. The molecule has 1 saturated carbocycles. The molecule has 1 aromatic heterocycles. The first-order chi connectivity index (χ1) is 7.05. The highest BCUT2D eigenvalue weighted by molar-refractivity contribution is 5.84. The topological polar surface area (TPSA) is 41.8 Å². The summed E-state index contributed by atoms with van der Waals surface area (Å²) in [4.78, 5) is 3.29. The van der Waals surface area contributed by atoms with Crippen LogP contribution in [0.5, 0.6) is 0 Å². The molecule has 15 heavy (non-hydrogen) atoms. The van der Waals surface area contributed by atoms with Crippen LogP contribution in [-0.4, -0.2) is 4.98 Å². The Balaban J connectivity index is 2.24. The molecule has 2 heteroatoms. The molecule has 2 nitrogen and oxygen atoms in total. The lowest BCUT2D eigenvalue weighted by molar-refractivity contribution is 0.512. The highest BCUT2D eigenvalue weighted by Crippen LogP contribution is 2.61. The highest BCUT2D eigenvalue weighted by atomic mass is 14.9. The van der Waals surface area contributed by atoms with E-state index in [4.69, 9.17) is 5.73 Å². The molecule has 0 spiro atoms. The minimum atomic E-state index is -0.142.